The summed E-state index contributed by atoms with van der Waals surface area (Å²) in [4.78, 5) is 24.4. The average molecular weight is 361 g/mol. The van der Waals surface area contributed by atoms with Crippen LogP contribution < -0.4 is 0 Å². The lowest BCUT2D eigenvalue weighted by Crippen LogP contribution is -2.56. The van der Waals surface area contributed by atoms with Gasteiger partial charge in [-0.1, -0.05) is 26.7 Å². The summed E-state index contributed by atoms with van der Waals surface area (Å²) in [6.07, 6.45) is 13.2. The smallest absolute Gasteiger partial charge is 0.303 e. The lowest BCUT2D eigenvalue weighted by atomic mass is 9.44. The second kappa shape index (κ2) is 6.63. The van der Waals surface area contributed by atoms with Crippen LogP contribution >= 0.6 is 0 Å². The van der Waals surface area contributed by atoms with Crippen LogP contribution in [0.15, 0.2) is 0 Å². The predicted octanol–water partition coefficient (Wildman–Crippen LogP) is 5.47. The molecule has 0 spiro atoms. The number of aliphatic carboxylic acids is 1. The van der Waals surface area contributed by atoms with Crippen LogP contribution in [-0.2, 0) is 9.59 Å². The fourth-order valence-electron chi connectivity index (χ4n) is 8.08. The molecule has 4 aliphatic carbocycles. The molecule has 26 heavy (non-hydrogen) atoms. The molecule has 3 nitrogen and oxygen atoms in total. The van der Waals surface area contributed by atoms with Crippen LogP contribution in [0.2, 0.25) is 0 Å². The molecule has 4 aliphatic rings. The van der Waals surface area contributed by atoms with Gasteiger partial charge < -0.3 is 5.11 Å². The van der Waals surface area contributed by atoms with E-state index in [9.17, 15) is 9.59 Å². The van der Waals surface area contributed by atoms with Crippen LogP contribution in [0.5, 0.6) is 0 Å². The number of ketones is 1. The number of fused-ring (bicyclic) bond motifs is 5. The molecule has 4 fully saturated rings. The number of carbonyl (C=O) groups is 2. The molecule has 4 rings (SSSR count). The Bertz CT molecular complexity index is 584. The molecule has 0 amide bonds. The van der Waals surface area contributed by atoms with Crippen molar-refractivity contribution < 1.29 is 14.7 Å². The number of rotatable bonds is 4. The van der Waals surface area contributed by atoms with E-state index in [4.69, 9.17) is 5.11 Å². The van der Waals surface area contributed by atoms with Gasteiger partial charge >= 0.3 is 5.97 Å². The van der Waals surface area contributed by atoms with Crippen LogP contribution in [-0.4, -0.2) is 16.9 Å². The van der Waals surface area contributed by atoms with E-state index in [0.717, 1.165) is 37.5 Å². The van der Waals surface area contributed by atoms with E-state index in [2.05, 4.69) is 13.8 Å². The number of carboxylic acids is 1. The van der Waals surface area contributed by atoms with Crippen LogP contribution in [0, 0.1) is 40.4 Å². The Morgan fingerprint density at radius 1 is 1.08 bits per heavy atom. The molecule has 0 bridgehead atoms. The number of Topliss-reactive ketones (excluding diaryl/α,β-unsaturated/α-hetero) is 1. The Balaban J connectivity index is 1.55. The van der Waals surface area contributed by atoms with E-state index in [1.165, 1.54) is 44.9 Å². The van der Waals surface area contributed by atoms with Gasteiger partial charge in [-0.2, -0.15) is 0 Å². The van der Waals surface area contributed by atoms with Crippen molar-refractivity contribution in [2.75, 3.05) is 0 Å². The highest BCUT2D eigenvalue weighted by Crippen LogP contribution is 2.66. The Morgan fingerprint density at radius 3 is 2.65 bits per heavy atom. The summed E-state index contributed by atoms with van der Waals surface area (Å²) in [7, 11) is 0. The molecule has 0 heterocycles. The van der Waals surface area contributed by atoms with Gasteiger partial charge in [0.15, 0.2) is 0 Å². The highest BCUT2D eigenvalue weighted by molar-refractivity contribution is 5.87. The van der Waals surface area contributed by atoms with Gasteiger partial charge in [0, 0.05) is 18.3 Å². The number of hydrogen-bond donors (Lipinski definition) is 1. The highest BCUT2D eigenvalue weighted by atomic mass is 16.4. The van der Waals surface area contributed by atoms with Crippen LogP contribution in [0.25, 0.3) is 0 Å². The van der Waals surface area contributed by atoms with Crippen molar-refractivity contribution in [2.45, 2.75) is 90.9 Å². The van der Waals surface area contributed by atoms with Gasteiger partial charge in [-0.15, -0.1) is 0 Å². The summed E-state index contributed by atoms with van der Waals surface area (Å²) in [6.45, 7) is 4.77. The maximum atomic E-state index is 13.5. The van der Waals surface area contributed by atoms with Gasteiger partial charge in [-0.3, -0.25) is 9.59 Å². The molecule has 0 aromatic heterocycles. The molecule has 0 radical (unpaired) electrons. The molecule has 0 aliphatic heterocycles. The maximum absolute atomic E-state index is 13.5. The van der Waals surface area contributed by atoms with Crippen molar-refractivity contribution in [1.29, 1.82) is 0 Å². The van der Waals surface area contributed by atoms with E-state index < -0.39 is 5.97 Å². The molecule has 1 N–H and O–H groups in total. The molecule has 0 saturated heterocycles. The van der Waals surface area contributed by atoms with Crippen molar-refractivity contribution in [1.82, 2.24) is 0 Å². The van der Waals surface area contributed by atoms with Crippen LogP contribution in [0.4, 0.5) is 0 Å². The summed E-state index contributed by atoms with van der Waals surface area (Å²) in [5.41, 5.74) is 0.233. The van der Waals surface area contributed by atoms with Gasteiger partial charge in [-0.25, -0.2) is 0 Å². The average Bonchev–Trinajstić information content (AvgIpc) is 2.93. The molecule has 3 heteroatoms. The van der Waals surface area contributed by atoms with Gasteiger partial charge in [0.25, 0.3) is 0 Å². The summed E-state index contributed by atoms with van der Waals surface area (Å²) in [6, 6.07) is 0. The fraction of sp³-hybridized carbons (Fsp3) is 0.913. The zero-order chi connectivity index (χ0) is 18.5. The first-order chi connectivity index (χ1) is 12.4. The van der Waals surface area contributed by atoms with Gasteiger partial charge in [0.1, 0.15) is 5.78 Å². The molecule has 146 valence electrons. The lowest BCUT2D eigenvalue weighted by molar-refractivity contribution is -0.156. The minimum absolute atomic E-state index is 0.169. The summed E-state index contributed by atoms with van der Waals surface area (Å²) in [5, 5.41) is 8.96. The van der Waals surface area contributed by atoms with Gasteiger partial charge in [0.2, 0.25) is 0 Å². The second-order valence-corrected chi connectivity index (χ2v) is 10.4. The van der Waals surface area contributed by atoms with Crippen LogP contribution in [0.3, 0.4) is 0 Å². The Kier molecular flexibility index (Phi) is 4.72. The minimum Gasteiger partial charge on any atom is -0.481 e. The van der Waals surface area contributed by atoms with Crippen molar-refractivity contribution in [3.8, 4) is 0 Å². The van der Waals surface area contributed by atoms with E-state index in [0.29, 0.717) is 29.0 Å². The third-order valence-electron chi connectivity index (χ3n) is 9.57. The third kappa shape index (κ3) is 2.67. The molecule has 4 saturated carbocycles. The molecule has 7 unspecified atom stereocenters. The predicted molar refractivity (Wildman–Crippen MR) is 102 cm³/mol. The van der Waals surface area contributed by atoms with E-state index in [1.807, 2.05) is 0 Å². The molecule has 0 aromatic carbocycles. The molecule has 7 atom stereocenters. The lowest BCUT2D eigenvalue weighted by Gasteiger charge is -2.59. The highest BCUT2D eigenvalue weighted by Gasteiger charge is 2.62. The minimum atomic E-state index is -0.705. The molecule has 0 aromatic rings. The monoisotopic (exact) mass is 360 g/mol. The Hall–Kier alpha value is -0.860. The summed E-state index contributed by atoms with van der Waals surface area (Å²) < 4.78 is 0. The van der Waals surface area contributed by atoms with Crippen molar-refractivity contribution in [3.05, 3.63) is 0 Å². The normalized spacial score (nSPS) is 47.8. The number of hydrogen-bond acceptors (Lipinski definition) is 2. The first-order valence-corrected chi connectivity index (χ1v) is 11.1. The van der Waals surface area contributed by atoms with Crippen molar-refractivity contribution in [3.63, 3.8) is 0 Å². The largest absolute Gasteiger partial charge is 0.481 e. The van der Waals surface area contributed by atoms with Gasteiger partial charge in [-0.05, 0) is 86.4 Å². The van der Waals surface area contributed by atoms with Crippen molar-refractivity contribution in [2.24, 2.45) is 40.4 Å². The second-order valence-electron chi connectivity index (χ2n) is 10.4. The number of carbonyl (C=O) groups excluding carboxylic acids is 1. The maximum Gasteiger partial charge on any atom is 0.303 e. The number of carboxylic acid groups (broad SMARTS) is 1. The first-order valence-electron chi connectivity index (χ1n) is 11.1. The Labute approximate surface area is 158 Å². The SMILES string of the molecule is CC12CCCCC1CCC1C2CC(=O)C2(C)C(CCCC(=O)O)CCC12. The molecular weight excluding hydrogens is 324 g/mol. The topological polar surface area (TPSA) is 54.4 Å². The van der Waals surface area contributed by atoms with E-state index in [-0.39, 0.29) is 11.8 Å². The van der Waals surface area contributed by atoms with Gasteiger partial charge in [0.05, 0.1) is 0 Å². The Morgan fingerprint density at radius 2 is 1.88 bits per heavy atom. The zero-order valence-electron chi connectivity index (χ0n) is 16.6. The molecular formula is C23H36O3. The van der Waals surface area contributed by atoms with E-state index in [1.54, 1.807) is 0 Å². The summed E-state index contributed by atoms with van der Waals surface area (Å²) >= 11 is 0. The first kappa shape index (κ1) is 18.5. The van der Waals surface area contributed by atoms with E-state index >= 15 is 0 Å². The quantitative estimate of drug-likeness (QED) is 0.723. The zero-order valence-corrected chi connectivity index (χ0v) is 16.6. The standard InChI is InChI=1S/C23H36O3/c1-22-13-4-3-6-15(22)9-11-17-18-12-10-16(7-5-8-21(25)26)23(18,2)20(24)14-19(17)22/h15-19H,3-14H2,1-2H3,(H,25,26). The third-order valence-corrected chi connectivity index (χ3v) is 9.57. The van der Waals surface area contributed by atoms with Crippen LogP contribution in [0.1, 0.15) is 90.9 Å². The van der Waals surface area contributed by atoms with Crippen molar-refractivity contribution >= 4 is 11.8 Å². The summed E-state index contributed by atoms with van der Waals surface area (Å²) in [5.74, 6) is 2.99. The fourth-order valence-corrected chi connectivity index (χ4v) is 8.08.